The number of rotatable bonds is 4. The van der Waals surface area contributed by atoms with Gasteiger partial charge in [-0.1, -0.05) is 81.4 Å². The molecule has 2 nitrogen and oxygen atoms in total. The standard InChI is InChI=1S/C24H33N2P/c1-24(2,3)19-16-17-22(25-26(4)5)23(18-19)27(20-12-8-6-9-13-20)21-14-10-7-11-15-21/h6-15,19,23H,16-18H2,1-5H3/b25-22+. The normalized spacial score (nSPS) is 22.2. The molecule has 3 rings (SSSR count). The van der Waals surface area contributed by atoms with Crippen LogP contribution in [0.25, 0.3) is 0 Å². The Morgan fingerprint density at radius 3 is 1.85 bits per heavy atom. The summed E-state index contributed by atoms with van der Waals surface area (Å²) >= 11 is 0. The summed E-state index contributed by atoms with van der Waals surface area (Å²) in [5.41, 5.74) is 2.24. The molecule has 0 spiro atoms. The van der Waals surface area contributed by atoms with E-state index in [0.29, 0.717) is 11.1 Å². The lowest BCUT2D eigenvalue weighted by atomic mass is 9.72. The lowest BCUT2D eigenvalue weighted by Gasteiger charge is -2.41. The van der Waals surface area contributed by atoms with Crippen LogP contribution in [-0.2, 0) is 0 Å². The van der Waals surface area contributed by atoms with Crippen LogP contribution in [0, 0.1) is 11.3 Å². The number of hydrogen-bond acceptors (Lipinski definition) is 2. The van der Waals surface area contributed by atoms with E-state index < -0.39 is 7.92 Å². The Hall–Kier alpha value is -1.66. The quantitative estimate of drug-likeness (QED) is 0.522. The Bertz CT molecular complexity index is 707. The highest BCUT2D eigenvalue weighted by Crippen LogP contribution is 2.49. The summed E-state index contributed by atoms with van der Waals surface area (Å²) < 4.78 is 0. The zero-order valence-corrected chi connectivity index (χ0v) is 18.3. The SMILES string of the molecule is CN(C)/N=C1\CCC(C(C)(C)C)CC1P(c1ccccc1)c1ccccc1. The molecular weight excluding hydrogens is 347 g/mol. The van der Waals surface area contributed by atoms with Gasteiger partial charge in [0.1, 0.15) is 0 Å². The van der Waals surface area contributed by atoms with Crippen molar-refractivity contribution >= 4 is 24.2 Å². The average Bonchev–Trinajstić information content (AvgIpc) is 2.64. The molecule has 0 bridgehead atoms. The number of hydrazone groups is 1. The molecule has 1 fully saturated rings. The average molecular weight is 381 g/mol. The van der Waals surface area contributed by atoms with E-state index in [2.05, 4.69) is 81.4 Å². The molecule has 2 aromatic carbocycles. The predicted molar refractivity (Wildman–Crippen MR) is 121 cm³/mol. The van der Waals surface area contributed by atoms with Gasteiger partial charge in [-0.15, -0.1) is 0 Å². The van der Waals surface area contributed by atoms with Gasteiger partial charge in [0.15, 0.2) is 0 Å². The molecule has 1 aliphatic rings. The second kappa shape index (κ2) is 8.57. The van der Waals surface area contributed by atoms with Gasteiger partial charge in [0.25, 0.3) is 0 Å². The van der Waals surface area contributed by atoms with Crippen LogP contribution >= 0.6 is 7.92 Å². The van der Waals surface area contributed by atoms with Gasteiger partial charge in [-0.3, -0.25) is 0 Å². The van der Waals surface area contributed by atoms with E-state index >= 15 is 0 Å². The maximum absolute atomic E-state index is 4.97. The molecule has 0 amide bonds. The summed E-state index contributed by atoms with van der Waals surface area (Å²) in [5.74, 6) is 0.737. The molecule has 2 aromatic rings. The van der Waals surface area contributed by atoms with Gasteiger partial charge < -0.3 is 5.01 Å². The highest BCUT2D eigenvalue weighted by molar-refractivity contribution is 7.74. The van der Waals surface area contributed by atoms with E-state index in [0.717, 1.165) is 12.3 Å². The molecule has 2 unspecified atom stereocenters. The third-order valence-electron chi connectivity index (χ3n) is 5.57. The molecule has 1 saturated carbocycles. The van der Waals surface area contributed by atoms with E-state index in [1.54, 1.807) is 0 Å². The molecular formula is C24H33N2P. The highest BCUT2D eigenvalue weighted by Gasteiger charge is 2.38. The molecule has 0 saturated heterocycles. The molecule has 0 heterocycles. The first-order valence-corrected chi connectivity index (χ1v) is 11.4. The summed E-state index contributed by atoms with van der Waals surface area (Å²) in [5, 5.41) is 9.89. The van der Waals surface area contributed by atoms with Gasteiger partial charge in [-0.05, 0) is 49.1 Å². The number of nitrogens with zero attached hydrogens (tertiary/aromatic N) is 2. The Labute approximate surface area is 166 Å². The first kappa shape index (κ1) is 20.1. The molecule has 1 aliphatic carbocycles. The zero-order chi connectivity index (χ0) is 19.4. The number of benzene rings is 2. The monoisotopic (exact) mass is 380 g/mol. The van der Waals surface area contributed by atoms with E-state index in [9.17, 15) is 0 Å². The second-order valence-corrected chi connectivity index (χ2v) is 11.2. The van der Waals surface area contributed by atoms with Crippen LogP contribution in [-0.4, -0.2) is 30.5 Å². The molecule has 27 heavy (non-hydrogen) atoms. The minimum Gasteiger partial charge on any atom is -0.303 e. The van der Waals surface area contributed by atoms with Crippen LogP contribution in [0.2, 0.25) is 0 Å². The van der Waals surface area contributed by atoms with Crippen molar-refractivity contribution in [1.29, 1.82) is 0 Å². The second-order valence-electron chi connectivity index (χ2n) is 8.83. The fourth-order valence-electron chi connectivity index (χ4n) is 4.11. The van der Waals surface area contributed by atoms with Crippen molar-refractivity contribution in [2.75, 3.05) is 14.1 Å². The van der Waals surface area contributed by atoms with E-state index in [1.165, 1.54) is 29.2 Å². The molecule has 0 radical (unpaired) electrons. The van der Waals surface area contributed by atoms with Gasteiger partial charge in [0, 0.05) is 25.5 Å². The third kappa shape index (κ3) is 4.99. The Morgan fingerprint density at radius 2 is 1.41 bits per heavy atom. The minimum atomic E-state index is -0.470. The molecule has 0 aromatic heterocycles. The largest absolute Gasteiger partial charge is 0.303 e. The minimum absolute atomic E-state index is 0.344. The number of hydrogen-bond donors (Lipinski definition) is 0. The first-order chi connectivity index (χ1) is 12.9. The maximum Gasteiger partial charge on any atom is 0.0460 e. The molecule has 144 valence electrons. The fraction of sp³-hybridized carbons (Fsp3) is 0.458. The summed E-state index contributed by atoms with van der Waals surface area (Å²) in [4.78, 5) is 0. The fourth-order valence-corrected chi connectivity index (χ4v) is 7.06. The predicted octanol–water partition coefficient (Wildman–Crippen LogP) is 5.25. The van der Waals surface area contributed by atoms with Crippen LogP contribution in [0.5, 0.6) is 0 Å². The Kier molecular flexibility index (Phi) is 6.37. The molecule has 0 N–H and O–H groups in total. The van der Waals surface area contributed by atoms with Gasteiger partial charge in [-0.25, -0.2) is 0 Å². The Morgan fingerprint density at radius 1 is 0.889 bits per heavy atom. The summed E-state index contributed by atoms with van der Waals surface area (Å²) in [7, 11) is 3.63. The van der Waals surface area contributed by atoms with Crippen LogP contribution < -0.4 is 10.6 Å². The van der Waals surface area contributed by atoms with Crippen LogP contribution in [0.4, 0.5) is 0 Å². The van der Waals surface area contributed by atoms with Gasteiger partial charge in [0.05, 0.1) is 0 Å². The van der Waals surface area contributed by atoms with E-state index in [-0.39, 0.29) is 0 Å². The lowest BCUT2D eigenvalue weighted by Crippen LogP contribution is -2.38. The summed E-state index contributed by atoms with van der Waals surface area (Å²) in [6.45, 7) is 7.20. The smallest absolute Gasteiger partial charge is 0.0460 e. The van der Waals surface area contributed by atoms with Crippen LogP contribution in [0.3, 0.4) is 0 Å². The van der Waals surface area contributed by atoms with Crippen molar-refractivity contribution in [2.24, 2.45) is 16.4 Å². The van der Waals surface area contributed by atoms with Crippen LogP contribution in [0.1, 0.15) is 40.0 Å². The topological polar surface area (TPSA) is 15.6 Å². The van der Waals surface area contributed by atoms with Crippen molar-refractivity contribution in [2.45, 2.75) is 45.7 Å². The van der Waals surface area contributed by atoms with Crippen LogP contribution in [0.15, 0.2) is 65.8 Å². The van der Waals surface area contributed by atoms with Crippen molar-refractivity contribution in [3.63, 3.8) is 0 Å². The van der Waals surface area contributed by atoms with E-state index in [4.69, 9.17) is 5.10 Å². The molecule has 0 aliphatic heterocycles. The first-order valence-electron chi connectivity index (χ1n) is 10.0. The maximum atomic E-state index is 4.97. The van der Waals surface area contributed by atoms with E-state index in [1.807, 2.05) is 19.1 Å². The van der Waals surface area contributed by atoms with Crippen molar-refractivity contribution in [3.8, 4) is 0 Å². The Balaban J connectivity index is 2.07. The molecule has 2 atom stereocenters. The third-order valence-corrected chi connectivity index (χ3v) is 8.42. The van der Waals surface area contributed by atoms with Gasteiger partial charge in [0.2, 0.25) is 0 Å². The highest BCUT2D eigenvalue weighted by atomic mass is 31.1. The lowest BCUT2D eigenvalue weighted by molar-refractivity contribution is 0.209. The summed E-state index contributed by atoms with van der Waals surface area (Å²) in [6.07, 6.45) is 3.59. The van der Waals surface area contributed by atoms with Crippen molar-refractivity contribution in [1.82, 2.24) is 5.01 Å². The zero-order valence-electron chi connectivity index (χ0n) is 17.4. The molecule has 3 heteroatoms. The summed E-state index contributed by atoms with van der Waals surface area (Å²) in [6, 6.07) is 22.2. The van der Waals surface area contributed by atoms with Gasteiger partial charge >= 0.3 is 0 Å². The van der Waals surface area contributed by atoms with Gasteiger partial charge in [-0.2, -0.15) is 5.10 Å². The van der Waals surface area contributed by atoms with Crippen molar-refractivity contribution < 1.29 is 0 Å². The van der Waals surface area contributed by atoms with Crippen molar-refractivity contribution in [3.05, 3.63) is 60.7 Å².